The molecule has 0 saturated carbocycles. The molecule has 0 aliphatic carbocycles. The van der Waals surface area contributed by atoms with Crippen molar-refractivity contribution in [2.75, 3.05) is 0 Å². The number of carbonyl (C=O) groups is 2. The highest BCUT2D eigenvalue weighted by Gasteiger charge is 2.13. The third-order valence-corrected chi connectivity index (χ3v) is 2.92. The predicted molar refractivity (Wildman–Crippen MR) is 77.6 cm³/mol. The molecule has 3 amide bonds. The minimum absolute atomic E-state index is 0.287. The smallest absolute Gasteiger partial charge is 0.312 e. The zero-order valence-corrected chi connectivity index (χ0v) is 11.6. The fourth-order valence-corrected chi connectivity index (χ4v) is 1.81. The Morgan fingerprint density at radius 3 is 2.62 bits per heavy atom. The molecule has 0 bridgehead atoms. The van der Waals surface area contributed by atoms with E-state index in [1.807, 2.05) is 36.5 Å². The second-order valence-electron chi connectivity index (χ2n) is 4.57. The molecule has 4 N–H and O–H groups in total. The number of nitrogens with zero attached hydrogens (tertiary/aromatic N) is 2. The van der Waals surface area contributed by atoms with E-state index in [1.54, 1.807) is 17.8 Å². The van der Waals surface area contributed by atoms with Crippen LogP contribution < -0.4 is 16.4 Å². The van der Waals surface area contributed by atoms with Crippen LogP contribution in [-0.2, 0) is 11.3 Å². The summed E-state index contributed by atoms with van der Waals surface area (Å²) in [6, 6.07) is 8.11. The Labute approximate surface area is 122 Å². The lowest BCUT2D eigenvalue weighted by Gasteiger charge is -2.12. The van der Waals surface area contributed by atoms with Crippen LogP contribution in [0.2, 0.25) is 0 Å². The third kappa shape index (κ3) is 4.07. The van der Waals surface area contributed by atoms with Crippen LogP contribution in [0.25, 0.3) is 5.69 Å². The first kappa shape index (κ1) is 14.6. The number of amides is 3. The summed E-state index contributed by atoms with van der Waals surface area (Å²) in [6.07, 6.45) is 3.56. The molecule has 2 aromatic rings. The van der Waals surface area contributed by atoms with E-state index in [4.69, 9.17) is 5.73 Å². The molecule has 0 saturated heterocycles. The monoisotopic (exact) mass is 287 g/mol. The van der Waals surface area contributed by atoms with Crippen molar-refractivity contribution in [3.8, 4) is 5.69 Å². The van der Waals surface area contributed by atoms with E-state index in [2.05, 4.69) is 15.7 Å². The zero-order valence-electron chi connectivity index (χ0n) is 11.6. The van der Waals surface area contributed by atoms with Gasteiger partial charge in [0.15, 0.2) is 0 Å². The van der Waals surface area contributed by atoms with E-state index in [0.29, 0.717) is 6.54 Å². The van der Waals surface area contributed by atoms with Gasteiger partial charge in [-0.3, -0.25) is 4.79 Å². The normalized spacial score (nSPS) is 11.7. The van der Waals surface area contributed by atoms with Gasteiger partial charge in [0.05, 0.1) is 5.69 Å². The summed E-state index contributed by atoms with van der Waals surface area (Å²) in [4.78, 5) is 22.4. The summed E-state index contributed by atoms with van der Waals surface area (Å²) in [5.41, 5.74) is 6.86. The van der Waals surface area contributed by atoms with E-state index in [1.165, 1.54) is 0 Å². The van der Waals surface area contributed by atoms with Crippen molar-refractivity contribution in [1.82, 2.24) is 20.4 Å². The molecule has 1 atom stereocenters. The fourth-order valence-electron chi connectivity index (χ4n) is 1.81. The highest BCUT2D eigenvalue weighted by atomic mass is 16.2. The van der Waals surface area contributed by atoms with Crippen molar-refractivity contribution < 1.29 is 9.59 Å². The average Bonchev–Trinajstić information content (AvgIpc) is 2.98. The molecule has 110 valence electrons. The van der Waals surface area contributed by atoms with Gasteiger partial charge in [-0.05, 0) is 30.7 Å². The number of nitrogens with one attached hydrogen (secondary N) is 2. The molecule has 0 fully saturated rings. The van der Waals surface area contributed by atoms with Crippen LogP contribution in [0.5, 0.6) is 0 Å². The second-order valence-corrected chi connectivity index (χ2v) is 4.57. The van der Waals surface area contributed by atoms with Crippen LogP contribution in [0, 0.1) is 0 Å². The molecule has 0 radical (unpaired) electrons. The maximum atomic E-state index is 11.7. The molecule has 2 rings (SSSR count). The van der Waals surface area contributed by atoms with Gasteiger partial charge in [-0.2, -0.15) is 5.10 Å². The average molecular weight is 287 g/mol. The van der Waals surface area contributed by atoms with Crippen molar-refractivity contribution in [2.24, 2.45) is 5.73 Å². The van der Waals surface area contributed by atoms with Crippen molar-refractivity contribution >= 4 is 11.9 Å². The largest absolute Gasteiger partial charge is 0.352 e. The van der Waals surface area contributed by atoms with E-state index >= 15 is 0 Å². The van der Waals surface area contributed by atoms with Crippen molar-refractivity contribution in [3.05, 3.63) is 48.3 Å². The highest BCUT2D eigenvalue weighted by molar-refractivity contribution is 5.86. The molecule has 0 aliphatic heterocycles. The van der Waals surface area contributed by atoms with Gasteiger partial charge in [0.1, 0.15) is 6.04 Å². The first-order valence-corrected chi connectivity index (χ1v) is 6.49. The van der Waals surface area contributed by atoms with Gasteiger partial charge >= 0.3 is 6.03 Å². The minimum atomic E-state index is -0.721. The number of urea groups is 1. The first-order valence-electron chi connectivity index (χ1n) is 6.49. The lowest BCUT2D eigenvalue weighted by Crippen LogP contribution is -2.46. The van der Waals surface area contributed by atoms with E-state index < -0.39 is 12.1 Å². The number of aromatic nitrogens is 2. The number of nitrogens with two attached hydrogens (primary N) is 1. The third-order valence-electron chi connectivity index (χ3n) is 2.92. The van der Waals surface area contributed by atoms with Gasteiger partial charge in [0.2, 0.25) is 5.91 Å². The zero-order chi connectivity index (χ0) is 15.2. The molecule has 7 heteroatoms. The van der Waals surface area contributed by atoms with Crippen molar-refractivity contribution in [3.63, 3.8) is 0 Å². The molecular formula is C14H17N5O2. The summed E-state index contributed by atoms with van der Waals surface area (Å²) >= 11 is 0. The topological polar surface area (TPSA) is 102 Å². The Balaban J connectivity index is 1.89. The summed E-state index contributed by atoms with van der Waals surface area (Å²) in [5.74, 6) is -0.287. The molecule has 0 spiro atoms. The van der Waals surface area contributed by atoms with Gasteiger partial charge in [-0.15, -0.1) is 0 Å². The summed E-state index contributed by atoms with van der Waals surface area (Å²) in [7, 11) is 0. The SMILES string of the molecule is CC(NC(N)=O)C(=O)NCc1ccc(-n2cccn2)cc1. The molecule has 1 aromatic heterocycles. The van der Waals surface area contributed by atoms with Crippen molar-refractivity contribution in [1.29, 1.82) is 0 Å². The van der Waals surface area contributed by atoms with Gasteiger partial charge in [0.25, 0.3) is 0 Å². The van der Waals surface area contributed by atoms with Gasteiger partial charge < -0.3 is 16.4 Å². The van der Waals surface area contributed by atoms with E-state index in [9.17, 15) is 9.59 Å². The molecule has 0 aliphatic rings. The van der Waals surface area contributed by atoms with Crippen LogP contribution in [-0.4, -0.2) is 27.8 Å². The molecule has 1 heterocycles. The lowest BCUT2D eigenvalue weighted by molar-refractivity contribution is -0.122. The van der Waals surface area contributed by atoms with Crippen LogP contribution >= 0.6 is 0 Å². The van der Waals surface area contributed by atoms with Crippen LogP contribution in [0.3, 0.4) is 0 Å². The highest BCUT2D eigenvalue weighted by Crippen LogP contribution is 2.08. The number of hydrogen-bond acceptors (Lipinski definition) is 3. The Hall–Kier alpha value is -2.83. The Morgan fingerprint density at radius 1 is 1.33 bits per heavy atom. The predicted octanol–water partition coefficient (Wildman–Crippen LogP) is 0.545. The number of benzene rings is 1. The molecule has 21 heavy (non-hydrogen) atoms. The Bertz CT molecular complexity index is 607. The quantitative estimate of drug-likeness (QED) is 0.748. The van der Waals surface area contributed by atoms with Gasteiger partial charge in [-0.25, -0.2) is 9.48 Å². The fraction of sp³-hybridized carbons (Fsp3) is 0.214. The number of primary amides is 1. The summed E-state index contributed by atoms with van der Waals surface area (Å²) in [5, 5.41) is 9.18. The number of hydrogen-bond donors (Lipinski definition) is 3. The molecule has 7 nitrogen and oxygen atoms in total. The Morgan fingerprint density at radius 2 is 2.05 bits per heavy atom. The van der Waals surface area contributed by atoms with Crippen LogP contribution in [0.4, 0.5) is 4.79 Å². The maximum Gasteiger partial charge on any atom is 0.312 e. The lowest BCUT2D eigenvalue weighted by atomic mass is 10.2. The second kappa shape index (κ2) is 6.56. The van der Waals surface area contributed by atoms with Crippen LogP contribution in [0.15, 0.2) is 42.7 Å². The Kier molecular flexibility index (Phi) is 4.55. The maximum absolute atomic E-state index is 11.7. The summed E-state index contributed by atoms with van der Waals surface area (Å²) < 4.78 is 1.75. The van der Waals surface area contributed by atoms with Gasteiger partial charge in [0, 0.05) is 18.9 Å². The van der Waals surface area contributed by atoms with E-state index in [0.717, 1.165) is 11.3 Å². The number of carbonyl (C=O) groups excluding carboxylic acids is 2. The number of rotatable bonds is 5. The van der Waals surface area contributed by atoms with Crippen LogP contribution in [0.1, 0.15) is 12.5 Å². The van der Waals surface area contributed by atoms with Gasteiger partial charge in [-0.1, -0.05) is 12.1 Å². The van der Waals surface area contributed by atoms with E-state index in [-0.39, 0.29) is 5.91 Å². The standard InChI is InChI=1S/C14H17N5O2/c1-10(18-14(15)21)13(20)16-9-11-3-5-12(6-4-11)19-8-2-7-17-19/h2-8,10H,9H2,1H3,(H,16,20)(H3,15,18,21). The first-order chi connectivity index (χ1) is 10.1. The molecular weight excluding hydrogens is 270 g/mol. The van der Waals surface area contributed by atoms with Crippen molar-refractivity contribution in [2.45, 2.75) is 19.5 Å². The summed E-state index contributed by atoms with van der Waals surface area (Å²) in [6.45, 7) is 1.95. The molecule has 1 aromatic carbocycles. The molecule has 1 unspecified atom stereocenters. The minimum Gasteiger partial charge on any atom is -0.352 e.